The Morgan fingerprint density at radius 1 is 0.967 bits per heavy atom. The Hall–Kier alpha value is -3.72. The summed E-state index contributed by atoms with van der Waals surface area (Å²) in [5.74, 6) is -0.394. The number of benzene rings is 3. The molecule has 1 N–H and O–H groups in total. The van der Waals surface area contributed by atoms with Crippen molar-refractivity contribution in [3.8, 4) is 5.75 Å². The number of rotatable bonds is 7. The molecule has 0 saturated carbocycles. The quantitative estimate of drug-likeness (QED) is 0.347. The zero-order chi connectivity index (χ0) is 21.9. The summed E-state index contributed by atoms with van der Waals surface area (Å²) < 4.78 is 33.5. The third-order valence-corrected chi connectivity index (χ3v) is 5.76. The van der Waals surface area contributed by atoms with Crippen LogP contribution in [-0.2, 0) is 10.0 Å². The number of nitro benzene ring substituents is 1. The summed E-state index contributed by atoms with van der Waals surface area (Å²) in [6.07, 6.45) is 0. The molecule has 0 amide bonds. The number of sulfonamides is 1. The van der Waals surface area contributed by atoms with Crippen molar-refractivity contribution in [3.05, 3.63) is 93.5 Å². The highest BCUT2D eigenvalue weighted by Crippen LogP contribution is 2.28. The van der Waals surface area contributed by atoms with E-state index in [0.717, 1.165) is 5.56 Å². The zero-order valence-electron chi connectivity index (χ0n) is 16.2. The van der Waals surface area contributed by atoms with Crippen molar-refractivity contribution in [2.45, 2.75) is 11.8 Å². The Balaban J connectivity index is 1.97. The molecule has 30 heavy (non-hydrogen) atoms. The molecule has 0 atom stereocenters. The van der Waals surface area contributed by atoms with Crippen LogP contribution in [0.3, 0.4) is 0 Å². The SMILES string of the molecule is COc1ccc(C(=O)c2ccc([N+](=O)[O-])cc2)cc1S(=O)(=O)Nc1ccc(C)cc1. The van der Waals surface area contributed by atoms with E-state index < -0.39 is 20.7 Å². The number of ether oxygens (including phenoxy) is 1. The van der Waals surface area contributed by atoms with Crippen LogP contribution < -0.4 is 9.46 Å². The maximum Gasteiger partial charge on any atom is 0.269 e. The van der Waals surface area contributed by atoms with Crippen LogP contribution in [0.15, 0.2) is 71.6 Å². The lowest BCUT2D eigenvalue weighted by atomic mass is 10.0. The van der Waals surface area contributed by atoms with Gasteiger partial charge in [-0.1, -0.05) is 17.7 Å². The van der Waals surface area contributed by atoms with Gasteiger partial charge in [0.15, 0.2) is 5.78 Å². The molecule has 0 aliphatic rings. The second-order valence-corrected chi connectivity index (χ2v) is 8.12. The first kappa shape index (κ1) is 21.0. The number of hydrogen-bond acceptors (Lipinski definition) is 6. The van der Waals surface area contributed by atoms with Crippen molar-refractivity contribution >= 4 is 27.2 Å². The summed E-state index contributed by atoms with van der Waals surface area (Å²) >= 11 is 0. The molecule has 0 saturated heterocycles. The highest BCUT2D eigenvalue weighted by molar-refractivity contribution is 7.92. The van der Waals surface area contributed by atoms with Gasteiger partial charge in [-0.05, 0) is 49.4 Å². The molecule has 0 heterocycles. The maximum atomic E-state index is 12.9. The molecule has 0 aliphatic heterocycles. The molecule has 0 spiro atoms. The molecule has 3 rings (SSSR count). The van der Waals surface area contributed by atoms with Crippen LogP contribution in [0, 0.1) is 17.0 Å². The standard InChI is InChI=1S/C21H18N2O6S/c1-14-3-8-17(9-4-14)22-30(27,28)20-13-16(7-12-19(20)29-2)21(24)15-5-10-18(11-6-15)23(25)26/h3-13,22H,1-2H3. The number of carbonyl (C=O) groups is 1. The van der Waals surface area contributed by atoms with Crippen LogP contribution in [0.5, 0.6) is 5.75 Å². The minimum atomic E-state index is -4.04. The Morgan fingerprint density at radius 2 is 1.57 bits per heavy atom. The molecule has 0 radical (unpaired) electrons. The van der Waals surface area contributed by atoms with Crippen LogP contribution in [0.2, 0.25) is 0 Å². The number of carbonyl (C=O) groups excluding carboxylic acids is 1. The molecule has 3 aromatic rings. The van der Waals surface area contributed by atoms with Gasteiger partial charge in [0.25, 0.3) is 15.7 Å². The van der Waals surface area contributed by atoms with Crippen molar-refractivity contribution in [1.29, 1.82) is 0 Å². The first-order valence-corrected chi connectivity index (χ1v) is 10.3. The van der Waals surface area contributed by atoms with Crippen molar-refractivity contribution in [1.82, 2.24) is 0 Å². The largest absolute Gasteiger partial charge is 0.495 e. The fraction of sp³-hybridized carbons (Fsp3) is 0.0952. The molecule has 0 aromatic heterocycles. The number of nitro groups is 1. The lowest BCUT2D eigenvalue weighted by molar-refractivity contribution is -0.384. The van der Waals surface area contributed by atoms with Gasteiger partial charge in [0, 0.05) is 28.9 Å². The summed E-state index contributed by atoms with van der Waals surface area (Å²) in [5, 5.41) is 10.8. The van der Waals surface area contributed by atoms with Crippen molar-refractivity contribution in [2.75, 3.05) is 11.8 Å². The molecule has 0 fully saturated rings. The van der Waals surface area contributed by atoms with Gasteiger partial charge in [0.05, 0.1) is 12.0 Å². The van der Waals surface area contributed by atoms with Crippen molar-refractivity contribution in [3.63, 3.8) is 0 Å². The number of hydrogen-bond donors (Lipinski definition) is 1. The van der Waals surface area contributed by atoms with Gasteiger partial charge in [0.1, 0.15) is 10.6 Å². The summed E-state index contributed by atoms with van der Waals surface area (Å²) in [6, 6.07) is 15.9. The number of methoxy groups -OCH3 is 1. The fourth-order valence-corrected chi connectivity index (χ4v) is 4.02. The van der Waals surface area contributed by atoms with Gasteiger partial charge in [-0.15, -0.1) is 0 Å². The van der Waals surface area contributed by atoms with E-state index in [4.69, 9.17) is 4.74 Å². The molecule has 0 bridgehead atoms. The van der Waals surface area contributed by atoms with E-state index in [9.17, 15) is 23.3 Å². The van der Waals surface area contributed by atoms with E-state index in [-0.39, 0.29) is 27.5 Å². The topological polar surface area (TPSA) is 116 Å². The number of non-ortho nitro benzene ring substituents is 1. The number of aryl methyl sites for hydroxylation is 1. The lowest BCUT2D eigenvalue weighted by Crippen LogP contribution is -2.15. The minimum absolute atomic E-state index is 0.0786. The number of ketones is 1. The first-order chi connectivity index (χ1) is 14.2. The van der Waals surface area contributed by atoms with Crippen molar-refractivity contribution < 1.29 is 22.9 Å². The fourth-order valence-electron chi connectivity index (χ4n) is 2.76. The predicted molar refractivity (Wildman–Crippen MR) is 112 cm³/mol. The van der Waals surface area contributed by atoms with Crippen LogP contribution in [0.4, 0.5) is 11.4 Å². The second-order valence-electron chi connectivity index (χ2n) is 6.47. The summed E-state index contributed by atoms with van der Waals surface area (Å²) in [7, 11) is -2.71. The lowest BCUT2D eigenvalue weighted by Gasteiger charge is -2.13. The Labute approximate surface area is 173 Å². The van der Waals surface area contributed by atoms with E-state index >= 15 is 0 Å². The van der Waals surface area contributed by atoms with E-state index in [1.54, 1.807) is 24.3 Å². The number of nitrogens with zero attached hydrogens (tertiary/aromatic N) is 1. The summed E-state index contributed by atoms with van der Waals surface area (Å²) in [6.45, 7) is 1.88. The smallest absolute Gasteiger partial charge is 0.269 e. The Morgan fingerprint density at radius 3 is 2.13 bits per heavy atom. The third-order valence-electron chi connectivity index (χ3n) is 4.36. The zero-order valence-corrected chi connectivity index (χ0v) is 17.0. The van der Waals surface area contributed by atoms with Gasteiger partial charge in [0.2, 0.25) is 0 Å². The summed E-state index contributed by atoms with van der Waals surface area (Å²) in [4.78, 5) is 22.8. The van der Waals surface area contributed by atoms with Gasteiger partial charge in [-0.3, -0.25) is 19.6 Å². The number of nitrogens with one attached hydrogen (secondary N) is 1. The van der Waals surface area contributed by atoms with Crippen LogP contribution in [-0.4, -0.2) is 26.2 Å². The van der Waals surface area contributed by atoms with E-state index in [2.05, 4.69) is 4.72 Å². The Kier molecular flexibility index (Phi) is 5.84. The number of anilines is 1. The van der Waals surface area contributed by atoms with Gasteiger partial charge in [-0.25, -0.2) is 8.42 Å². The average molecular weight is 426 g/mol. The van der Waals surface area contributed by atoms with E-state index in [0.29, 0.717) is 5.69 Å². The van der Waals surface area contributed by atoms with Gasteiger partial charge < -0.3 is 4.74 Å². The highest BCUT2D eigenvalue weighted by Gasteiger charge is 2.22. The second kappa shape index (κ2) is 8.34. The maximum absolute atomic E-state index is 12.9. The summed E-state index contributed by atoms with van der Waals surface area (Å²) in [5.41, 5.74) is 1.50. The molecule has 0 unspecified atom stereocenters. The molecular weight excluding hydrogens is 408 g/mol. The van der Waals surface area contributed by atoms with E-state index in [1.165, 1.54) is 49.6 Å². The van der Waals surface area contributed by atoms with Crippen molar-refractivity contribution in [2.24, 2.45) is 0 Å². The molecule has 9 heteroatoms. The van der Waals surface area contributed by atoms with Gasteiger partial charge in [-0.2, -0.15) is 0 Å². The van der Waals surface area contributed by atoms with Crippen LogP contribution >= 0.6 is 0 Å². The van der Waals surface area contributed by atoms with E-state index in [1.807, 2.05) is 6.92 Å². The molecule has 154 valence electrons. The van der Waals surface area contributed by atoms with Gasteiger partial charge >= 0.3 is 0 Å². The molecular formula is C21H18N2O6S. The van der Waals surface area contributed by atoms with Crippen LogP contribution in [0.25, 0.3) is 0 Å². The normalized spacial score (nSPS) is 11.0. The molecule has 0 aliphatic carbocycles. The monoisotopic (exact) mass is 426 g/mol. The average Bonchev–Trinajstić information content (AvgIpc) is 2.74. The first-order valence-electron chi connectivity index (χ1n) is 8.78. The molecule has 3 aromatic carbocycles. The third kappa shape index (κ3) is 4.47. The Bertz CT molecular complexity index is 1200. The predicted octanol–water partition coefficient (Wildman–Crippen LogP) is 3.94. The molecule has 8 nitrogen and oxygen atoms in total. The van der Waals surface area contributed by atoms with Crippen LogP contribution in [0.1, 0.15) is 21.5 Å². The minimum Gasteiger partial charge on any atom is -0.495 e. The highest BCUT2D eigenvalue weighted by atomic mass is 32.2.